The van der Waals surface area contributed by atoms with Crippen molar-refractivity contribution in [2.75, 3.05) is 5.32 Å². The number of ether oxygens (including phenoxy) is 1. The number of hydrogen-bond donors (Lipinski definition) is 1. The van der Waals surface area contributed by atoms with E-state index in [9.17, 15) is 13.2 Å². The lowest BCUT2D eigenvalue weighted by molar-refractivity contribution is -0.139. The van der Waals surface area contributed by atoms with Gasteiger partial charge in [-0.1, -0.05) is 54.1 Å². The minimum absolute atomic E-state index is 0.0471. The lowest BCUT2D eigenvalue weighted by Gasteiger charge is -2.14. The fraction of sp³-hybridized carbons (Fsp3) is 0.111. The summed E-state index contributed by atoms with van der Waals surface area (Å²) < 4.78 is 44.9. The van der Waals surface area contributed by atoms with Crippen molar-refractivity contribution in [3.8, 4) is 5.88 Å². The van der Waals surface area contributed by atoms with Crippen molar-refractivity contribution in [2.24, 2.45) is 0 Å². The van der Waals surface area contributed by atoms with Gasteiger partial charge < -0.3 is 10.1 Å². The Labute approximate surface area is 152 Å². The first-order valence-corrected chi connectivity index (χ1v) is 7.94. The Morgan fingerprint density at radius 2 is 1.69 bits per heavy atom. The topological polar surface area (TPSA) is 47.0 Å². The Hall–Kier alpha value is -2.80. The summed E-state index contributed by atoms with van der Waals surface area (Å²) in [6.45, 7) is -0.0491. The molecule has 4 nitrogen and oxygen atoms in total. The Kier molecular flexibility index (Phi) is 5.27. The molecule has 0 atom stereocenters. The predicted octanol–water partition coefficient (Wildman–Crippen LogP) is 5.47. The van der Waals surface area contributed by atoms with Gasteiger partial charge in [-0.25, -0.2) is 4.98 Å². The van der Waals surface area contributed by atoms with Gasteiger partial charge in [0.15, 0.2) is 0 Å². The van der Waals surface area contributed by atoms with Gasteiger partial charge in [-0.15, -0.1) is 0 Å². The summed E-state index contributed by atoms with van der Waals surface area (Å²) in [5.41, 5.74) is 0.154. The largest absolute Gasteiger partial charge is 0.472 e. The highest BCUT2D eigenvalue weighted by Gasteiger charge is 2.36. The van der Waals surface area contributed by atoms with E-state index in [1.54, 1.807) is 54.6 Å². The van der Waals surface area contributed by atoms with Crippen molar-refractivity contribution in [1.82, 2.24) is 9.97 Å². The predicted molar refractivity (Wildman–Crippen MR) is 92.5 cm³/mol. The van der Waals surface area contributed by atoms with Gasteiger partial charge in [0.05, 0.1) is 10.7 Å². The van der Waals surface area contributed by atoms with Crippen LogP contribution in [0.15, 0.2) is 60.8 Å². The van der Waals surface area contributed by atoms with E-state index in [1.165, 1.54) is 0 Å². The number of alkyl halides is 3. The summed E-state index contributed by atoms with van der Waals surface area (Å²) in [4.78, 5) is 7.58. The van der Waals surface area contributed by atoms with Crippen LogP contribution in [0.25, 0.3) is 0 Å². The van der Waals surface area contributed by atoms with Gasteiger partial charge in [0.2, 0.25) is 11.8 Å². The Morgan fingerprint density at radius 1 is 1.00 bits per heavy atom. The van der Waals surface area contributed by atoms with Crippen molar-refractivity contribution in [3.05, 3.63) is 76.9 Å². The van der Waals surface area contributed by atoms with Crippen molar-refractivity contribution >= 4 is 23.2 Å². The number of nitrogens with one attached hydrogen (secondary N) is 1. The first kappa shape index (κ1) is 18.0. The van der Waals surface area contributed by atoms with E-state index in [-0.39, 0.29) is 12.6 Å². The molecule has 1 heterocycles. The molecule has 0 aliphatic heterocycles. The molecule has 0 bridgehead atoms. The second kappa shape index (κ2) is 7.61. The summed E-state index contributed by atoms with van der Waals surface area (Å²) in [5.74, 6) is -0.597. The van der Waals surface area contributed by atoms with E-state index < -0.39 is 17.6 Å². The molecule has 0 spiro atoms. The quantitative estimate of drug-likeness (QED) is 0.638. The van der Waals surface area contributed by atoms with Gasteiger partial charge in [0.25, 0.3) is 0 Å². The number of hydrogen-bond acceptors (Lipinski definition) is 4. The smallest absolute Gasteiger partial charge is 0.423 e. The van der Waals surface area contributed by atoms with Crippen LogP contribution in [0.1, 0.15) is 11.1 Å². The molecule has 26 heavy (non-hydrogen) atoms. The van der Waals surface area contributed by atoms with E-state index in [4.69, 9.17) is 16.3 Å². The van der Waals surface area contributed by atoms with Crippen molar-refractivity contribution < 1.29 is 17.9 Å². The van der Waals surface area contributed by atoms with E-state index in [1.807, 2.05) is 0 Å². The van der Waals surface area contributed by atoms with Crippen molar-refractivity contribution in [1.29, 1.82) is 0 Å². The lowest BCUT2D eigenvalue weighted by atomic mass is 10.2. The maximum atomic E-state index is 13.2. The third kappa shape index (κ3) is 4.43. The Morgan fingerprint density at radius 3 is 2.38 bits per heavy atom. The molecule has 1 aromatic heterocycles. The highest BCUT2D eigenvalue weighted by atomic mass is 35.5. The molecule has 0 amide bonds. The zero-order valence-corrected chi connectivity index (χ0v) is 14.1. The number of anilines is 2. The molecule has 134 valence electrons. The average molecular weight is 380 g/mol. The molecular weight excluding hydrogens is 367 g/mol. The summed E-state index contributed by atoms with van der Waals surface area (Å²) in [5, 5.41) is 3.18. The molecule has 0 fully saturated rings. The van der Waals surface area contributed by atoms with Crippen molar-refractivity contribution in [2.45, 2.75) is 12.8 Å². The van der Waals surface area contributed by atoms with Gasteiger partial charge in [-0.3, -0.25) is 0 Å². The van der Waals surface area contributed by atoms with Gasteiger partial charge in [0.1, 0.15) is 12.2 Å². The third-order valence-corrected chi connectivity index (χ3v) is 3.73. The maximum Gasteiger partial charge on any atom is 0.423 e. The van der Waals surface area contributed by atoms with Gasteiger partial charge >= 0.3 is 6.18 Å². The minimum Gasteiger partial charge on any atom is -0.472 e. The fourth-order valence-electron chi connectivity index (χ4n) is 2.14. The first-order chi connectivity index (χ1) is 12.4. The van der Waals surface area contributed by atoms with Crippen LogP contribution in [0.2, 0.25) is 5.02 Å². The van der Waals surface area contributed by atoms with E-state index in [0.717, 1.165) is 5.56 Å². The van der Waals surface area contributed by atoms with Crippen LogP contribution in [0.3, 0.4) is 0 Å². The van der Waals surface area contributed by atoms with Crippen LogP contribution in [-0.2, 0) is 12.8 Å². The second-order valence-corrected chi connectivity index (χ2v) is 5.70. The summed E-state index contributed by atoms with van der Waals surface area (Å²) in [7, 11) is 0. The standard InChI is InChI=1S/C18H13ClF3N3O/c19-14-8-4-5-9-15(14)24-17-23-10-13(18(20,21)22)16(25-17)26-11-12-6-2-1-3-7-12/h1-10H,11H2,(H,23,24,25). The van der Waals surface area contributed by atoms with Gasteiger partial charge in [-0.2, -0.15) is 18.2 Å². The second-order valence-electron chi connectivity index (χ2n) is 5.29. The monoisotopic (exact) mass is 379 g/mol. The zero-order chi connectivity index (χ0) is 18.6. The summed E-state index contributed by atoms with van der Waals surface area (Å²) in [6, 6.07) is 15.6. The highest BCUT2D eigenvalue weighted by Crippen LogP contribution is 2.36. The summed E-state index contributed by atoms with van der Waals surface area (Å²) in [6.07, 6.45) is -3.94. The molecule has 2 aromatic carbocycles. The molecule has 0 radical (unpaired) electrons. The van der Waals surface area contributed by atoms with Gasteiger partial charge in [0, 0.05) is 6.20 Å². The maximum absolute atomic E-state index is 13.2. The molecule has 1 N–H and O–H groups in total. The van der Waals surface area contributed by atoms with Gasteiger partial charge in [-0.05, 0) is 17.7 Å². The highest BCUT2D eigenvalue weighted by molar-refractivity contribution is 6.33. The Bertz CT molecular complexity index is 888. The van der Waals surface area contributed by atoms with Crippen molar-refractivity contribution in [3.63, 3.8) is 0 Å². The molecular formula is C18H13ClF3N3O. The average Bonchev–Trinajstić information content (AvgIpc) is 2.62. The van der Waals surface area contributed by atoms with Crippen LogP contribution in [0.4, 0.5) is 24.8 Å². The lowest BCUT2D eigenvalue weighted by Crippen LogP contribution is -2.12. The number of rotatable bonds is 5. The molecule has 0 saturated heterocycles. The number of halogens is 4. The minimum atomic E-state index is -4.63. The van der Waals surface area contributed by atoms with Crippen LogP contribution >= 0.6 is 11.6 Å². The van der Waals surface area contributed by atoms with Crippen LogP contribution in [0.5, 0.6) is 5.88 Å². The fourth-order valence-corrected chi connectivity index (χ4v) is 2.32. The molecule has 0 unspecified atom stereocenters. The van der Waals surface area contributed by atoms with E-state index in [2.05, 4.69) is 15.3 Å². The first-order valence-electron chi connectivity index (χ1n) is 7.56. The molecule has 3 rings (SSSR count). The zero-order valence-electron chi connectivity index (χ0n) is 13.3. The number of nitrogens with zero attached hydrogens (tertiary/aromatic N) is 2. The molecule has 0 aliphatic rings. The van der Waals surface area contributed by atoms with E-state index in [0.29, 0.717) is 16.9 Å². The van der Waals surface area contributed by atoms with E-state index >= 15 is 0 Å². The number of benzene rings is 2. The molecule has 0 aliphatic carbocycles. The molecule has 3 aromatic rings. The number of para-hydroxylation sites is 1. The van der Waals surface area contributed by atoms with Crippen LogP contribution < -0.4 is 10.1 Å². The summed E-state index contributed by atoms with van der Waals surface area (Å²) >= 11 is 6.03. The molecule has 8 heteroatoms. The van der Waals surface area contributed by atoms with Crippen LogP contribution in [-0.4, -0.2) is 9.97 Å². The SMILES string of the molecule is FC(F)(F)c1cnc(Nc2ccccc2Cl)nc1OCc1ccccc1. The Balaban J connectivity index is 1.87. The van der Waals surface area contributed by atoms with Crippen LogP contribution in [0, 0.1) is 0 Å². The number of aromatic nitrogens is 2. The normalized spacial score (nSPS) is 11.2. The molecule has 0 saturated carbocycles. The third-order valence-electron chi connectivity index (χ3n) is 3.40.